The third kappa shape index (κ3) is 4.29. The first-order valence-electron chi connectivity index (χ1n) is 11.3. The van der Waals surface area contributed by atoms with E-state index in [1.165, 1.54) is 12.7 Å². The summed E-state index contributed by atoms with van der Waals surface area (Å²) in [6.45, 7) is 3.86. The van der Waals surface area contributed by atoms with E-state index in [0.29, 0.717) is 22.6 Å². The van der Waals surface area contributed by atoms with Crippen molar-refractivity contribution in [1.29, 1.82) is 0 Å². The Bertz CT molecular complexity index is 1380. The predicted octanol–water partition coefficient (Wildman–Crippen LogP) is 3.63. The first kappa shape index (κ1) is 21.4. The van der Waals surface area contributed by atoms with Crippen LogP contribution in [0.5, 0.6) is 0 Å². The van der Waals surface area contributed by atoms with Gasteiger partial charge in [-0.3, -0.25) is 9.69 Å². The van der Waals surface area contributed by atoms with Crippen LogP contribution >= 0.6 is 0 Å². The average molecular weight is 445 g/mol. The van der Waals surface area contributed by atoms with Crippen molar-refractivity contribution in [1.82, 2.24) is 14.9 Å². The van der Waals surface area contributed by atoms with Crippen LogP contribution in [0, 0.1) is 5.92 Å². The van der Waals surface area contributed by atoms with E-state index < -0.39 is 5.97 Å². The van der Waals surface area contributed by atoms with Crippen LogP contribution in [0.3, 0.4) is 0 Å². The average Bonchev–Trinajstić information content (AvgIpc) is 3.26. The lowest BCUT2D eigenvalue weighted by atomic mass is 9.97. The van der Waals surface area contributed by atoms with Gasteiger partial charge in [-0.05, 0) is 91.8 Å². The molecule has 170 valence electrons. The van der Waals surface area contributed by atoms with Gasteiger partial charge in [0.2, 0.25) is 0 Å². The lowest BCUT2D eigenvalue weighted by Crippen LogP contribution is -2.35. The highest BCUT2D eigenvalue weighted by molar-refractivity contribution is 5.95. The fourth-order valence-electron chi connectivity index (χ4n) is 4.72. The van der Waals surface area contributed by atoms with Crippen LogP contribution in [0.25, 0.3) is 33.1 Å². The molecule has 3 heterocycles. The molecule has 0 amide bonds. The number of hydrogen-bond acceptors (Lipinski definition) is 5. The van der Waals surface area contributed by atoms with Crippen LogP contribution < -0.4 is 11.3 Å². The summed E-state index contributed by atoms with van der Waals surface area (Å²) in [6, 6.07) is 15.3. The first-order chi connectivity index (χ1) is 16.0. The number of aromatic nitrogens is 2. The van der Waals surface area contributed by atoms with Gasteiger partial charge in [-0.25, -0.2) is 4.79 Å². The van der Waals surface area contributed by atoms with Gasteiger partial charge in [-0.15, -0.1) is 0 Å². The Balaban J connectivity index is 1.44. The summed E-state index contributed by atoms with van der Waals surface area (Å²) >= 11 is 0. The lowest BCUT2D eigenvalue weighted by Gasteiger charge is -2.31. The SMILES string of the molecule is COC(=O)c1ccc2[nH]c(=O)c(-c3cc4cc(CN5CCC(CN)CC5)ccc4[nH]3)cc2c1. The highest BCUT2D eigenvalue weighted by atomic mass is 16.5. The number of ether oxygens (including phenoxy) is 1. The largest absolute Gasteiger partial charge is 0.465 e. The summed E-state index contributed by atoms with van der Waals surface area (Å²) < 4.78 is 4.81. The molecule has 0 saturated carbocycles. The molecule has 5 rings (SSSR count). The molecule has 1 saturated heterocycles. The Morgan fingerprint density at radius 2 is 1.76 bits per heavy atom. The number of nitrogens with one attached hydrogen (secondary N) is 2. The molecule has 1 aliphatic heterocycles. The number of likely N-dealkylation sites (tertiary alicyclic amines) is 1. The second-order valence-electron chi connectivity index (χ2n) is 8.87. The van der Waals surface area contributed by atoms with E-state index in [2.05, 4.69) is 33.1 Å². The minimum atomic E-state index is -0.407. The van der Waals surface area contributed by atoms with Crippen LogP contribution in [0.4, 0.5) is 0 Å². The molecule has 1 aliphatic rings. The van der Waals surface area contributed by atoms with Gasteiger partial charge >= 0.3 is 5.97 Å². The van der Waals surface area contributed by atoms with Gasteiger partial charge in [0.25, 0.3) is 5.56 Å². The molecular formula is C26H28N4O3. The number of piperidine rings is 1. The Hall–Kier alpha value is -3.42. The molecule has 33 heavy (non-hydrogen) atoms. The zero-order valence-electron chi connectivity index (χ0n) is 18.7. The van der Waals surface area contributed by atoms with Gasteiger partial charge in [0.1, 0.15) is 0 Å². The highest BCUT2D eigenvalue weighted by Crippen LogP contribution is 2.26. The van der Waals surface area contributed by atoms with E-state index in [4.69, 9.17) is 10.5 Å². The van der Waals surface area contributed by atoms with E-state index >= 15 is 0 Å². The van der Waals surface area contributed by atoms with Gasteiger partial charge in [-0.2, -0.15) is 0 Å². The van der Waals surface area contributed by atoms with E-state index in [1.807, 2.05) is 12.1 Å². The number of esters is 1. The molecule has 2 aromatic heterocycles. The van der Waals surface area contributed by atoms with E-state index in [-0.39, 0.29) is 5.56 Å². The number of fused-ring (bicyclic) bond motifs is 2. The first-order valence-corrected chi connectivity index (χ1v) is 11.3. The van der Waals surface area contributed by atoms with Crippen molar-refractivity contribution in [3.05, 3.63) is 70.0 Å². The zero-order chi connectivity index (χ0) is 22.9. The molecule has 0 atom stereocenters. The third-order valence-electron chi connectivity index (χ3n) is 6.69. The quantitative estimate of drug-likeness (QED) is 0.408. The monoisotopic (exact) mass is 444 g/mol. The summed E-state index contributed by atoms with van der Waals surface area (Å²) in [7, 11) is 1.35. The number of carbonyl (C=O) groups is 1. The van der Waals surface area contributed by atoms with Crippen molar-refractivity contribution in [3.63, 3.8) is 0 Å². The van der Waals surface area contributed by atoms with E-state index in [0.717, 1.165) is 61.0 Å². The second-order valence-corrected chi connectivity index (χ2v) is 8.87. The number of carbonyl (C=O) groups excluding carboxylic acids is 1. The van der Waals surface area contributed by atoms with Crippen molar-refractivity contribution in [2.75, 3.05) is 26.7 Å². The Morgan fingerprint density at radius 1 is 1.03 bits per heavy atom. The molecule has 7 nitrogen and oxygen atoms in total. The standard InChI is InChI=1S/C26H28N4O3/c1-33-26(32)18-3-5-23-20(11-18)12-21(25(31)29-23)24-13-19-10-17(2-4-22(19)28-24)15-30-8-6-16(14-27)7-9-30/h2-5,10-13,16,28H,6-9,14-15,27H2,1H3,(H,29,31). The number of rotatable bonds is 5. The van der Waals surface area contributed by atoms with Crippen LogP contribution in [0.1, 0.15) is 28.8 Å². The minimum Gasteiger partial charge on any atom is -0.465 e. The summed E-state index contributed by atoms with van der Waals surface area (Å²) in [5, 5.41) is 1.84. The topological polar surface area (TPSA) is 104 Å². The van der Waals surface area contributed by atoms with Gasteiger partial charge in [-0.1, -0.05) is 6.07 Å². The molecule has 1 fully saturated rings. The van der Waals surface area contributed by atoms with E-state index in [9.17, 15) is 9.59 Å². The smallest absolute Gasteiger partial charge is 0.337 e. The van der Waals surface area contributed by atoms with Gasteiger partial charge in [0.05, 0.1) is 23.9 Å². The van der Waals surface area contributed by atoms with Crippen molar-refractivity contribution in [2.24, 2.45) is 11.7 Å². The summed E-state index contributed by atoms with van der Waals surface area (Å²) in [6.07, 6.45) is 2.32. The van der Waals surface area contributed by atoms with E-state index in [1.54, 1.807) is 18.2 Å². The third-order valence-corrected chi connectivity index (χ3v) is 6.69. The van der Waals surface area contributed by atoms with Crippen LogP contribution in [0.15, 0.2) is 53.3 Å². The van der Waals surface area contributed by atoms with Crippen molar-refractivity contribution in [3.8, 4) is 11.3 Å². The fourth-order valence-corrected chi connectivity index (χ4v) is 4.72. The molecule has 0 spiro atoms. The number of pyridine rings is 1. The Morgan fingerprint density at radius 3 is 2.52 bits per heavy atom. The highest BCUT2D eigenvalue weighted by Gasteiger charge is 2.18. The number of benzene rings is 2. The number of hydrogen-bond donors (Lipinski definition) is 3. The Kier molecular flexibility index (Phi) is 5.74. The van der Waals surface area contributed by atoms with Crippen LogP contribution in [0.2, 0.25) is 0 Å². The van der Waals surface area contributed by atoms with Gasteiger partial charge in [0.15, 0.2) is 0 Å². The van der Waals surface area contributed by atoms with Crippen LogP contribution in [-0.4, -0.2) is 47.6 Å². The Labute approximate surface area is 191 Å². The molecule has 2 aromatic carbocycles. The number of aromatic amines is 2. The maximum absolute atomic E-state index is 12.8. The summed E-state index contributed by atoms with van der Waals surface area (Å²) in [5.41, 5.74) is 10.3. The molecule has 4 aromatic rings. The summed E-state index contributed by atoms with van der Waals surface area (Å²) in [5.74, 6) is 0.245. The molecule has 0 radical (unpaired) electrons. The molecular weight excluding hydrogens is 416 g/mol. The number of methoxy groups -OCH3 is 1. The number of H-pyrrole nitrogens is 2. The van der Waals surface area contributed by atoms with Crippen molar-refractivity contribution < 1.29 is 9.53 Å². The van der Waals surface area contributed by atoms with Crippen molar-refractivity contribution >= 4 is 27.8 Å². The predicted molar refractivity (Wildman–Crippen MR) is 130 cm³/mol. The van der Waals surface area contributed by atoms with Gasteiger partial charge in [0, 0.05) is 23.0 Å². The zero-order valence-corrected chi connectivity index (χ0v) is 18.7. The maximum Gasteiger partial charge on any atom is 0.337 e. The lowest BCUT2D eigenvalue weighted by molar-refractivity contribution is 0.0601. The van der Waals surface area contributed by atoms with Crippen LogP contribution in [-0.2, 0) is 11.3 Å². The molecule has 4 N–H and O–H groups in total. The minimum absolute atomic E-state index is 0.178. The molecule has 0 aliphatic carbocycles. The molecule has 0 bridgehead atoms. The number of nitrogens with zero attached hydrogens (tertiary/aromatic N) is 1. The molecule has 0 unspecified atom stereocenters. The van der Waals surface area contributed by atoms with Crippen molar-refractivity contribution in [2.45, 2.75) is 19.4 Å². The molecule has 7 heteroatoms. The number of nitrogens with two attached hydrogens (primary N) is 1. The second kappa shape index (κ2) is 8.84. The maximum atomic E-state index is 12.8. The fraction of sp³-hybridized carbons (Fsp3) is 0.308. The summed E-state index contributed by atoms with van der Waals surface area (Å²) in [4.78, 5) is 33.4. The normalized spacial score (nSPS) is 15.3. The van der Waals surface area contributed by atoms with Gasteiger partial charge < -0.3 is 20.4 Å².